The van der Waals surface area contributed by atoms with E-state index in [1.54, 1.807) is 11.8 Å². The van der Waals surface area contributed by atoms with Crippen LogP contribution in [0.1, 0.15) is 0 Å². The molecule has 1 unspecified atom stereocenters. The first-order valence-electron chi connectivity index (χ1n) is 6.78. The zero-order valence-electron chi connectivity index (χ0n) is 12.0. The summed E-state index contributed by atoms with van der Waals surface area (Å²) in [5.74, 6) is -0.538. The molecule has 6 nitrogen and oxygen atoms in total. The van der Waals surface area contributed by atoms with Crippen molar-refractivity contribution >= 4 is 29.3 Å². The Labute approximate surface area is 128 Å². The lowest BCUT2D eigenvalue weighted by molar-refractivity contribution is -0.125. The van der Waals surface area contributed by atoms with Crippen LogP contribution in [0.15, 0.2) is 29.2 Å². The van der Waals surface area contributed by atoms with Gasteiger partial charge in [0, 0.05) is 24.5 Å². The van der Waals surface area contributed by atoms with Crippen molar-refractivity contribution in [2.45, 2.75) is 10.9 Å². The highest BCUT2D eigenvalue weighted by Gasteiger charge is 2.28. The van der Waals surface area contributed by atoms with Crippen LogP contribution in [-0.2, 0) is 9.59 Å². The van der Waals surface area contributed by atoms with Crippen LogP contribution in [0.3, 0.4) is 0 Å². The summed E-state index contributed by atoms with van der Waals surface area (Å²) in [6, 6.07) is 7.21. The highest BCUT2D eigenvalue weighted by atomic mass is 32.2. The van der Waals surface area contributed by atoms with Gasteiger partial charge in [-0.1, -0.05) is 12.1 Å². The molecular formula is C14H20N4O2S. The molecule has 0 aromatic heterocycles. The number of thioether (sulfide) groups is 1. The van der Waals surface area contributed by atoms with Gasteiger partial charge >= 0.3 is 0 Å². The zero-order valence-corrected chi connectivity index (χ0v) is 12.8. The van der Waals surface area contributed by atoms with E-state index < -0.39 is 11.9 Å². The molecule has 2 rings (SSSR count). The van der Waals surface area contributed by atoms with Gasteiger partial charge in [0.15, 0.2) is 0 Å². The van der Waals surface area contributed by atoms with E-state index in [0.29, 0.717) is 13.1 Å². The second-order valence-corrected chi connectivity index (χ2v) is 5.69. The summed E-state index contributed by atoms with van der Waals surface area (Å²) < 4.78 is 0. The van der Waals surface area contributed by atoms with Crippen LogP contribution >= 0.6 is 11.8 Å². The Morgan fingerprint density at radius 2 is 2.24 bits per heavy atom. The molecule has 1 aromatic rings. The molecule has 0 aliphatic carbocycles. The quantitative estimate of drug-likeness (QED) is 0.672. The van der Waals surface area contributed by atoms with Gasteiger partial charge in [-0.3, -0.25) is 14.5 Å². The van der Waals surface area contributed by atoms with E-state index in [1.165, 1.54) is 0 Å². The summed E-state index contributed by atoms with van der Waals surface area (Å²) in [4.78, 5) is 26.4. The fourth-order valence-corrected chi connectivity index (χ4v) is 2.89. The Bertz CT molecular complexity index is 523. The SMILES string of the molecule is CSc1ccccc1NC(=O)CN1CCNCC1C(N)=O. The molecule has 21 heavy (non-hydrogen) atoms. The van der Waals surface area contributed by atoms with Crippen molar-refractivity contribution in [1.82, 2.24) is 10.2 Å². The smallest absolute Gasteiger partial charge is 0.238 e. The Hall–Kier alpha value is -1.57. The summed E-state index contributed by atoms with van der Waals surface area (Å²) in [7, 11) is 0. The highest BCUT2D eigenvalue weighted by molar-refractivity contribution is 7.98. The largest absolute Gasteiger partial charge is 0.368 e. The van der Waals surface area contributed by atoms with E-state index in [-0.39, 0.29) is 12.5 Å². The van der Waals surface area contributed by atoms with E-state index in [1.807, 2.05) is 35.4 Å². The lowest BCUT2D eigenvalue weighted by Gasteiger charge is -2.33. The minimum Gasteiger partial charge on any atom is -0.368 e. The molecule has 1 saturated heterocycles. The first-order chi connectivity index (χ1) is 10.1. The topological polar surface area (TPSA) is 87.5 Å². The van der Waals surface area contributed by atoms with Gasteiger partial charge in [-0.15, -0.1) is 11.8 Å². The standard InChI is InChI=1S/C14H20N4O2S/c1-21-12-5-3-2-4-10(12)17-13(19)9-18-7-6-16-8-11(18)14(15)20/h2-5,11,16H,6-9H2,1H3,(H2,15,20)(H,17,19). The molecule has 0 bridgehead atoms. The number of piperazine rings is 1. The highest BCUT2D eigenvalue weighted by Crippen LogP contribution is 2.24. The number of hydrogen-bond donors (Lipinski definition) is 3. The molecular weight excluding hydrogens is 288 g/mol. The summed E-state index contributed by atoms with van der Waals surface area (Å²) in [6.45, 7) is 2.03. The van der Waals surface area contributed by atoms with Crippen molar-refractivity contribution in [2.75, 3.05) is 37.8 Å². The van der Waals surface area contributed by atoms with E-state index in [0.717, 1.165) is 17.1 Å². The van der Waals surface area contributed by atoms with E-state index in [4.69, 9.17) is 5.73 Å². The maximum Gasteiger partial charge on any atom is 0.238 e. The van der Waals surface area contributed by atoms with E-state index in [9.17, 15) is 9.59 Å². The molecule has 114 valence electrons. The predicted octanol–water partition coefficient (Wildman–Crippen LogP) is 0.106. The summed E-state index contributed by atoms with van der Waals surface area (Å²) >= 11 is 1.58. The van der Waals surface area contributed by atoms with Crippen molar-refractivity contribution in [3.8, 4) is 0 Å². The number of anilines is 1. The number of para-hydroxylation sites is 1. The number of nitrogens with zero attached hydrogens (tertiary/aromatic N) is 1. The minimum atomic E-state index is -0.430. The van der Waals surface area contributed by atoms with Crippen molar-refractivity contribution in [3.05, 3.63) is 24.3 Å². The van der Waals surface area contributed by atoms with Crippen LogP contribution in [0.4, 0.5) is 5.69 Å². The molecule has 2 amide bonds. The Kier molecular flexibility index (Phi) is 5.60. The van der Waals surface area contributed by atoms with Gasteiger partial charge in [-0.05, 0) is 18.4 Å². The van der Waals surface area contributed by atoms with Crippen LogP contribution in [0.25, 0.3) is 0 Å². The van der Waals surface area contributed by atoms with Crippen LogP contribution in [0.5, 0.6) is 0 Å². The van der Waals surface area contributed by atoms with Gasteiger partial charge in [0.2, 0.25) is 11.8 Å². The fourth-order valence-electron chi connectivity index (χ4n) is 2.34. The van der Waals surface area contributed by atoms with Gasteiger partial charge < -0.3 is 16.4 Å². The number of rotatable bonds is 5. The molecule has 1 atom stereocenters. The molecule has 1 fully saturated rings. The van der Waals surface area contributed by atoms with Gasteiger partial charge in [0.25, 0.3) is 0 Å². The second-order valence-electron chi connectivity index (χ2n) is 4.84. The number of carbonyl (C=O) groups excluding carboxylic acids is 2. The molecule has 0 saturated carbocycles. The van der Waals surface area contributed by atoms with Gasteiger partial charge in [0.05, 0.1) is 12.2 Å². The summed E-state index contributed by atoms with van der Waals surface area (Å²) in [6.07, 6.45) is 1.96. The third-order valence-corrected chi connectivity index (χ3v) is 4.21. The van der Waals surface area contributed by atoms with Crippen molar-refractivity contribution < 1.29 is 9.59 Å². The number of primary amides is 1. The zero-order chi connectivity index (χ0) is 15.2. The van der Waals surface area contributed by atoms with Gasteiger partial charge in [-0.25, -0.2) is 0 Å². The molecule has 1 aromatic carbocycles. The van der Waals surface area contributed by atoms with Crippen LogP contribution < -0.4 is 16.4 Å². The number of benzene rings is 1. The molecule has 1 aliphatic rings. The predicted molar refractivity (Wildman–Crippen MR) is 84.3 cm³/mol. The van der Waals surface area contributed by atoms with E-state index >= 15 is 0 Å². The monoisotopic (exact) mass is 308 g/mol. The Morgan fingerprint density at radius 3 is 2.95 bits per heavy atom. The van der Waals surface area contributed by atoms with Gasteiger partial charge in [-0.2, -0.15) is 0 Å². The van der Waals surface area contributed by atoms with Crippen LogP contribution in [-0.4, -0.2) is 55.2 Å². The van der Waals surface area contributed by atoms with Gasteiger partial charge in [0.1, 0.15) is 6.04 Å². The Balaban J connectivity index is 1.99. The van der Waals surface area contributed by atoms with Crippen LogP contribution in [0, 0.1) is 0 Å². The van der Waals surface area contributed by atoms with Crippen molar-refractivity contribution in [3.63, 3.8) is 0 Å². The first kappa shape index (κ1) is 15.8. The fraction of sp³-hybridized carbons (Fsp3) is 0.429. The Morgan fingerprint density at radius 1 is 1.48 bits per heavy atom. The maximum absolute atomic E-state index is 12.2. The number of nitrogens with one attached hydrogen (secondary N) is 2. The third-order valence-electron chi connectivity index (χ3n) is 3.41. The second kappa shape index (κ2) is 7.44. The average Bonchev–Trinajstić information content (AvgIpc) is 2.48. The molecule has 1 aliphatic heterocycles. The van der Waals surface area contributed by atoms with Crippen LogP contribution in [0.2, 0.25) is 0 Å². The first-order valence-corrected chi connectivity index (χ1v) is 8.01. The lowest BCUT2D eigenvalue weighted by Crippen LogP contribution is -2.58. The molecule has 7 heteroatoms. The normalized spacial score (nSPS) is 19.2. The molecule has 0 spiro atoms. The molecule has 0 radical (unpaired) electrons. The summed E-state index contributed by atoms with van der Waals surface area (Å²) in [5.41, 5.74) is 6.17. The number of amides is 2. The summed E-state index contributed by atoms with van der Waals surface area (Å²) in [5, 5.41) is 6.00. The third kappa shape index (κ3) is 4.20. The number of nitrogens with two attached hydrogens (primary N) is 1. The van der Waals surface area contributed by atoms with E-state index in [2.05, 4.69) is 10.6 Å². The minimum absolute atomic E-state index is 0.135. The lowest BCUT2D eigenvalue weighted by atomic mass is 10.2. The average molecular weight is 308 g/mol. The molecule has 4 N–H and O–H groups in total. The molecule has 1 heterocycles. The number of carbonyl (C=O) groups is 2. The maximum atomic E-state index is 12.2. The van der Waals surface area contributed by atoms with Crippen molar-refractivity contribution in [2.24, 2.45) is 5.73 Å². The number of hydrogen-bond acceptors (Lipinski definition) is 5. The van der Waals surface area contributed by atoms with Crippen molar-refractivity contribution in [1.29, 1.82) is 0 Å².